The molecule has 0 radical (unpaired) electrons. The highest BCUT2D eigenvalue weighted by Crippen LogP contribution is 2.50. The first kappa shape index (κ1) is 24.4. The van der Waals surface area contributed by atoms with Gasteiger partial charge in [-0.25, -0.2) is 0 Å². The molecular weight excluding hydrogens is 488 g/mol. The number of nitrogens with one attached hydrogen (secondary N) is 1. The largest absolute Gasteiger partial charge is 0.337 e. The number of fused-ring (bicyclic) bond motifs is 6. The third-order valence-corrected chi connectivity index (χ3v) is 8.29. The van der Waals surface area contributed by atoms with E-state index in [1.807, 2.05) is 36.4 Å². The maximum Gasteiger partial charge on any atom is 0.158 e. The molecule has 3 N–H and O–H groups in total. The predicted molar refractivity (Wildman–Crippen MR) is 166 cm³/mol. The van der Waals surface area contributed by atoms with E-state index in [4.69, 9.17) is 10.7 Å². The van der Waals surface area contributed by atoms with Gasteiger partial charge in [0.2, 0.25) is 0 Å². The van der Waals surface area contributed by atoms with Gasteiger partial charge in [0.1, 0.15) is 5.84 Å². The second-order valence-corrected chi connectivity index (χ2v) is 11.1. The zero-order valence-corrected chi connectivity index (χ0v) is 22.8. The quantitative estimate of drug-likeness (QED) is 0.139. The summed E-state index contributed by atoms with van der Waals surface area (Å²) >= 11 is 0. The lowest BCUT2D eigenvalue weighted by atomic mass is 9.82. The van der Waals surface area contributed by atoms with Gasteiger partial charge in [0.05, 0.1) is 17.6 Å². The summed E-state index contributed by atoms with van der Waals surface area (Å²) in [4.78, 5) is 4.99. The Morgan fingerprint density at radius 3 is 2.20 bits per heavy atom. The van der Waals surface area contributed by atoms with Crippen LogP contribution in [0, 0.1) is 0 Å². The minimum absolute atomic E-state index is 0.0612. The Kier molecular flexibility index (Phi) is 5.79. The molecule has 0 bridgehead atoms. The maximum absolute atomic E-state index is 7.04. The predicted octanol–water partition coefficient (Wildman–Crippen LogP) is 7.75. The van der Waals surface area contributed by atoms with Crippen LogP contribution in [-0.4, -0.2) is 10.4 Å². The lowest BCUT2D eigenvalue weighted by Crippen LogP contribution is -2.38. The molecule has 40 heavy (non-hydrogen) atoms. The van der Waals surface area contributed by atoms with Crippen LogP contribution in [0.5, 0.6) is 0 Å². The molecule has 1 aromatic heterocycles. The number of benzene rings is 5. The zero-order chi connectivity index (χ0) is 27.3. The summed E-state index contributed by atoms with van der Waals surface area (Å²) in [5, 5.41) is 6.00. The average Bonchev–Trinajstić information content (AvgIpc) is 3.44. The molecule has 0 spiro atoms. The highest BCUT2D eigenvalue weighted by Gasteiger charge is 2.36. The summed E-state index contributed by atoms with van der Waals surface area (Å²) in [6.07, 6.45) is -0.528. The monoisotopic (exact) mass is 520 g/mol. The number of nitrogens with zero attached hydrogens (tertiary/aromatic N) is 2. The van der Waals surface area contributed by atoms with E-state index in [0.29, 0.717) is 6.54 Å². The van der Waals surface area contributed by atoms with Crippen LogP contribution in [0.1, 0.15) is 42.4 Å². The van der Waals surface area contributed by atoms with E-state index in [2.05, 4.69) is 109 Å². The number of hydrogen-bond donors (Lipinski definition) is 2. The fourth-order valence-corrected chi connectivity index (χ4v) is 6.27. The van der Waals surface area contributed by atoms with E-state index in [0.717, 1.165) is 28.0 Å². The van der Waals surface area contributed by atoms with Crippen molar-refractivity contribution in [3.8, 4) is 11.1 Å². The summed E-state index contributed by atoms with van der Waals surface area (Å²) < 4.78 is 2.22. The van der Waals surface area contributed by atoms with Crippen LogP contribution in [0.3, 0.4) is 0 Å². The summed E-state index contributed by atoms with van der Waals surface area (Å²) in [5.74, 6) is 0.774. The number of aromatic nitrogens is 1. The smallest absolute Gasteiger partial charge is 0.158 e. The van der Waals surface area contributed by atoms with Gasteiger partial charge in [0.15, 0.2) is 6.29 Å². The van der Waals surface area contributed by atoms with E-state index < -0.39 is 6.29 Å². The minimum Gasteiger partial charge on any atom is -0.337 e. The van der Waals surface area contributed by atoms with Crippen molar-refractivity contribution in [1.82, 2.24) is 9.88 Å². The SMILES string of the molecule is CC1(C)c2ccccc2-c2cc3c(cc21)c1ccccc1n3C(N)N/C(=N\Cc1ccccc1)c1ccccc1. The second-order valence-electron chi connectivity index (χ2n) is 11.1. The standard InChI is InChI=1S/C36H32N4/c1-36(2)30-19-11-9-17-26(30)28-22-33-29(21-31(28)36)27-18-10-12-20-32(27)40(33)35(37)39-34(25-15-7-4-8-16-25)38-23-24-13-5-3-6-14-24/h3-22,35H,23,37H2,1-2H3,(H,38,39). The Balaban J connectivity index is 1.37. The van der Waals surface area contributed by atoms with Crippen molar-refractivity contribution in [3.63, 3.8) is 0 Å². The molecule has 0 amide bonds. The molecule has 4 heteroatoms. The molecule has 0 saturated heterocycles. The lowest BCUT2D eigenvalue weighted by molar-refractivity contribution is 0.517. The molecule has 5 aromatic carbocycles. The van der Waals surface area contributed by atoms with Crippen LogP contribution in [0.15, 0.2) is 126 Å². The van der Waals surface area contributed by atoms with Crippen molar-refractivity contribution < 1.29 is 0 Å². The molecule has 0 fully saturated rings. The van der Waals surface area contributed by atoms with Crippen molar-refractivity contribution >= 4 is 27.6 Å². The van der Waals surface area contributed by atoms with Crippen LogP contribution in [-0.2, 0) is 12.0 Å². The summed E-state index contributed by atoms with van der Waals surface area (Å²) in [6.45, 7) is 5.22. The lowest BCUT2D eigenvalue weighted by Gasteiger charge is -2.22. The third-order valence-electron chi connectivity index (χ3n) is 8.29. The Bertz CT molecular complexity index is 1880. The van der Waals surface area contributed by atoms with Gasteiger partial charge in [0, 0.05) is 21.8 Å². The van der Waals surface area contributed by atoms with Crippen molar-refractivity contribution in [2.75, 3.05) is 0 Å². The van der Waals surface area contributed by atoms with Crippen LogP contribution in [0.4, 0.5) is 0 Å². The van der Waals surface area contributed by atoms with Crippen LogP contribution in [0.25, 0.3) is 32.9 Å². The fraction of sp³-hybridized carbons (Fsp3) is 0.139. The number of nitrogens with two attached hydrogens (primary N) is 1. The number of aliphatic imine (C=N–C) groups is 1. The summed E-state index contributed by atoms with van der Waals surface area (Å²) in [6, 6.07) is 42.6. The minimum atomic E-state index is -0.528. The highest BCUT2D eigenvalue weighted by molar-refractivity contribution is 6.10. The van der Waals surface area contributed by atoms with Gasteiger partial charge < -0.3 is 9.88 Å². The van der Waals surface area contributed by atoms with Gasteiger partial charge >= 0.3 is 0 Å². The highest BCUT2D eigenvalue weighted by atomic mass is 15.3. The molecule has 0 saturated carbocycles. The Morgan fingerprint density at radius 2 is 1.40 bits per heavy atom. The molecule has 1 heterocycles. The topological polar surface area (TPSA) is 55.3 Å². The zero-order valence-electron chi connectivity index (χ0n) is 22.8. The van der Waals surface area contributed by atoms with Crippen LogP contribution >= 0.6 is 0 Å². The molecule has 196 valence electrons. The first-order valence-corrected chi connectivity index (χ1v) is 13.9. The number of hydrogen-bond acceptors (Lipinski definition) is 2. The first-order chi connectivity index (χ1) is 19.5. The van der Waals surface area contributed by atoms with Crippen molar-refractivity contribution in [2.24, 2.45) is 10.7 Å². The van der Waals surface area contributed by atoms with Crippen molar-refractivity contribution in [1.29, 1.82) is 0 Å². The molecule has 4 nitrogen and oxygen atoms in total. The second kappa shape index (κ2) is 9.51. The van der Waals surface area contributed by atoms with Gasteiger partial charge in [0.25, 0.3) is 0 Å². The molecular formula is C36H32N4. The van der Waals surface area contributed by atoms with Crippen molar-refractivity contribution in [2.45, 2.75) is 32.1 Å². The van der Waals surface area contributed by atoms with E-state index >= 15 is 0 Å². The fourth-order valence-electron chi connectivity index (χ4n) is 6.27. The van der Waals surface area contributed by atoms with E-state index in [9.17, 15) is 0 Å². The molecule has 7 rings (SSSR count). The average molecular weight is 521 g/mol. The summed E-state index contributed by atoms with van der Waals surface area (Å²) in [5.41, 5.74) is 16.7. The maximum atomic E-state index is 7.04. The molecule has 1 aliphatic rings. The normalized spacial score (nSPS) is 14.7. The first-order valence-electron chi connectivity index (χ1n) is 13.9. The van der Waals surface area contributed by atoms with E-state index in [-0.39, 0.29) is 5.41 Å². The van der Waals surface area contributed by atoms with E-state index in [1.54, 1.807) is 0 Å². The van der Waals surface area contributed by atoms with Gasteiger partial charge in [-0.2, -0.15) is 0 Å². The molecule has 6 aromatic rings. The number of amidine groups is 1. The van der Waals surface area contributed by atoms with Gasteiger partial charge in [-0.3, -0.25) is 10.7 Å². The number of para-hydroxylation sites is 1. The molecule has 1 unspecified atom stereocenters. The van der Waals surface area contributed by atoms with E-state index in [1.165, 1.54) is 33.0 Å². The molecule has 1 atom stereocenters. The third kappa shape index (κ3) is 3.92. The van der Waals surface area contributed by atoms with Gasteiger partial charge in [-0.05, 0) is 46.0 Å². The molecule has 0 aliphatic heterocycles. The Morgan fingerprint density at radius 1 is 0.725 bits per heavy atom. The molecule has 1 aliphatic carbocycles. The van der Waals surface area contributed by atoms with Crippen molar-refractivity contribution in [3.05, 3.63) is 144 Å². The Labute approximate surface area is 234 Å². The van der Waals surface area contributed by atoms with Gasteiger partial charge in [-0.15, -0.1) is 0 Å². The van der Waals surface area contributed by atoms with Crippen LogP contribution < -0.4 is 11.1 Å². The van der Waals surface area contributed by atoms with Gasteiger partial charge in [-0.1, -0.05) is 117 Å². The Hall–Kier alpha value is -4.67. The summed E-state index contributed by atoms with van der Waals surface area (Å²) in [7, 11) is 0. The van der Waals surface area contributed by atoms with Crippen LogP contribution in [0.2, 0.25) is 0 Å². The number of rotatable bonds is 5.